The van der Waals surface area contributed by atoms with Gasteiger partial charge in [-0.2, -0.15) is 5.10 Å². The molecule has 5 aromatic rings. The lowest BCUT2D eigenvalue weighted by atomic mass is 9.84. The highest BCUT2D eigenvalue weighted by Crippen LogP contribution is 2.53. The molecule has 1 aliphatic carbocycles. The van der Waals surface area contributed by atoms with Crippen LogP contribution in [0.1, 0.15) is 58.1 Å². The molecule has 284 valence electrons. The van der Waals surface area contributed by atoms with Crippen molar-refractivity contribution in [2.24, 2.45) is 0 Å². The first kappa shape index (κ1) is 37.4. The Balaban J connectivity index is 1.03. The number of rotatable bonds is 9. The number of fused-ring (bicyclic) bond motifs is 1. The number of nitrogens with one attached hydrogen (secondary N) is 1. The van der Waals surface area contributed by atoms with Gasteiger partial charge in [0.1, 0.15) is 12.2 Å². The van der Waals surface area contributed by atoms with E-state index in [1.807, 2.05) is 18.2 Å². The first-order chi connectivity index (χ1) is 25.7. The molecule has 2 unspecified atom stereocenters. The number of nitrogens with zero attached hydrogens (tertiary/aromatic N) is 5. The molecule has 0 radical (unpaired) electrons. The van der Waals surface area contributed by atoms with Gasteiger partial charge in [0.2, 0.25) is 5.95 Å². The first-order valence-corrected chi connectivity index (χ1v) is 21.0. The van der Waals surface area contributed by atoms with E-state index in [0.29, 0.717) is 53.4 Å². The summed E-state index contributed by atoms with van der Waals surface area (Å²) in [6, 6.07) is 23.6. The maximum absolute atomic E-state index is 16.6. The molecule has 0 amide bonds. The zero-order valence-corrected chi connectivity index (χ0v) is 33.1. The highest BCUT2D eigenvalue weighted by Gasteiger charge is 2.60. The Bertz CT molecular complexity index is 2120. The number of ether oxygens (including phenoxy) is 1. The maximum atomic E-state index is 16.6. The molecule has 2 saturated heterocycles. The third-order valence-electron chi connectivity index (χ3n) is 11.5. The number of aromatic nitrogens is 4. The van der Waals surface area contributed by atoms with Crippen molar-refractivity contribution in [2.45, 2.75) is 81.3 Å². The van der Waals surface area contributed by atoms with Gasteiger partial charge >= 0.3 is 0 Å². The van der Waals surface area contributed by atoms with Crippen LogP contribution in [0.3, 0.4) is 0 Å². The Morgan fingerprint density at radius 3 is 2.28 bits per heavy atom. The highest BCUT2D eigenvalue weighted by molar-refractivity contribution is 6.99. The van der Waals surface area contributed by atoms with Gasteiger partial charge in [0.15, 0.2) is 5.15 Å². The molecule has 1 N–H and O–H groups in total. The van der Waals surface area contributed by atoms with Crippen LogP contribution in [0, 0.1) is 0 Å². The molecular formula is C40H43Cl2F3N6O2Si. The third-order valence-corrected chi connectivity index (χ3v) is 17.3. The summed E-state index contributed by atoms with van der Waals surface area (Å²) >= 11 is 13.2. The van der Waals surface area contributed by atoms with Crippen LogP contribution >= 0.6 is 23.2 Å². The number of hydrogen-bond donors (Lipinski definition) is 1. The standard InChI is InChI=1S/C40H43Cl2F3N6O2Si/c1-38(2,3)54(26-11-7-5-8-12-26,27-13-9-6-10-14-27)53-35-23-52-24-39(35,4)50-16-15-28(31(43)22-50)29-18-32-25(17-30(29)41)20-46-37(48-32)49-33-21-47-51(36(33)42)34-19-40(34,44)45/h5-14,17-18,20-21,28,31,34-35H,15-16,19,22-24H2,1-4H3,(H,46,48,49)/t28-,31+,34?,35-,39?/m1/s1. The average Bonchev–Trinajstić information content (AvgIpc) is 3.40. The molecule has 3 aromatic carbocycles. The van der Waals surface area contributed by atoms with E-state index in [-0.39, 0.29) is 35.2 Å². The van der Waals surface area contributed by atoms with Gasteiger partial charge < -0.3 is 14.5 Å². The average molecular weight is 796 g/mol. The van der Waals surface area contributed by atoms with Crippen LogP contribution in [-0.4, -0.2) is 83.0 Å². The van der Waals surface area contributed by atoms with Gasteiger partial charge in [-0.05, 0) is 53.0 Å². The van der Waals surface area contributed by atoms with Crippen molar-refractivity contribution in [1.82, 2.24) is 24.6 Å². The lowest BCUT2D eigenvalue weighted by Crippen LogP contribution is -2.71. The number of alkyl halides is 3. The van der Waals surface area contributed by atoms with Crippen LogP contribution in [0.5, 0.6) is 0 Å². The Kier molecular flexibility index (Phi) is 9.62. The lowest BCUT2D eigenvalue weighted by molar-refractivity contribution is -0.0183. The number of halogens is 5. The second-order valence-corrected chi connectivity index (χ2v) is 21.0. The molecule has 5 atom stereocenters. The SMILES string of the molecule is CC1(N2CC[C@H](c3cc4nc(Nc5cnn(C6CC6(F)F)c5Cl)ncc4cc3Cl)[C@@H](F)C2)COC[C@H]1O[Si](c1ccccc1)(c1ccccc1)C(C)(C)C. The molecule has 3 fully saturated rings. The van der Waals surface area contributed by atoms with E-state index in [1.54, 1.807) is 12.3 Å². The van der Waals surface area contributed by atoms with E-state index in [2.05, 4.69) is 102 Å². The second-order valence-electron chi connectivity index (χ2n) is 16.0. The third kappa shape index (κ3) is 6.52. The van der Waals surface area contributed by atoms with E-state index in [0.717, 1.165) is 4.68 Å². The fraction of sp³-hybridized carbons (Fsp3) is 0.425. The minimum Gasteiger partial charge on any atom is -0.400 e. The zero-order valence-electron chi connectivity index (χ0n) is 30.6. The number of piperidine rings is 1. The van der Waals surface area contributed by atoms with Crippen LogP contribution in [0.25, 0.3) is 10.9 Å². The molecule has 8 nitrogen and oxygen atoms in total. The van der Waals surface area contributed by atoms with Crippen LogP contribution < -0.4 is 15.7 Å². The van der Waals surface area contributed by atoms with Crippen LogP contribution in [0.4, 0.5) is 24.8 Å². The monoisotopic (exact) mass is 794 g/mol. The van der Waals surface area contributed by atoms with Gasteiger partial charge in [0.25, 0.3) is 14.2 Å². The van der Waals surface area contributed by atoms with Gasteiger partial charge in [-0.15, -0.1) is 0 Å². The molecule has 8 rings (SSSR count). The molecule has 14 heteroatoms. The lowest BCUT2D eigenvalue weighted by Gasteiger charge is -2.50. The van der Waals surface area contributed by atoms with Crippen LogP contribution in [0.15, 0.2) is 85.2 Å². The molecule has 54 heavy (non-hydrogen) atoms. The van der Waals surface area contributed by atoms with E-state index >= 15 is 4.39 Å². The van der Waals surface area contributed by atoms with Gasteiger partial charge in [0, 0.05) is 35.5 Å². The van der Waals surface area contributed by atoms with E-state index in [9.17, 15) is 8.78 Å². The van der Waals surface area contributed by atoms with Gasteiger partial charge in [-0.3, -0.25) is 4.90 Å². The summed E-state index contributed by atoms with van der Waals surface area (Å²) < 4.78 is 58.8. The molecule has 3 aliphatic rings. The van der Waals surface area contributed by atoms with Crippen LogP contribution in [0.2, 0.25) is 15.2 Å². The van der Waals surface area contributed by atoms with E-state index in [1.165, 1.54) is 16.6 Å². The normalized spacial score (nSPS) is 25.9. The molecule has 4 heterocycles. The summed E-state index contributed by atoms with van der Waals surface area (Å²) in [5.74, 6) is -3.08. The van der Waals surface area contributed by atoms with Crippen molar-refractivity contribution in [3.63, 3.8) is 0 Å². The summed E-state index contributed by atoms with van der Waals surface area (Å²) in [6.07, 6.45) is 1.70. The number of benzene rings is 3. The van der Waals surface area contributed by atoms with Crippen LogP contribution in [-0.2, 0) is 9.16 Å². The summed E-state index contributed by atoms with van der Waals surface area (Å²) in [7, 11) is -2.90. The minimum atomic E-state index is -2.90. The van der Waals surface area contributed by atoms with Crippen molar-refractivity contribution >= 4 is 64.4 Å². The molecule has 1 saturated carbocycles. The quantitative estimate of drug-likeness (QED) is 0.151. The Hall–Kier alpha value is -3.52. The van der Waals surface area contributed by atoms with Crippen molar-refractivity contribution < 1.29 is 22.3 Å². The van der Waals surface area contributed by atoms with E-state index < -0.39 is 37.9 Å². The molecular weight excluding hydrogens is 752 g/mol. The number of likely N-dealkylation sites (tertiary alicyclic amines) is 1. The van der Waals surface area contributed by atoms with Gasteiger partial charge in [-0.25, -0.2) is 27.8 Å². The van der Waals surface area contributed by atoms with Crippen molar-refractivity contribution in [3.8, 4) is 0 Å². The summed E-state index contributed by atoms with van der Waals surface area (Å²) in [5.41, 5.74) is 0.989. The highest BCUT2D eigenvalue weighted by atomic mass is 35.5. The second kappa shape index (κ2) is 13.9. The van der Waals surface area contributed by atoms with E-state index in [4.69, 9.17) is 32.4 Å². The minimum absolute atomic E-state index is 0.0465. The zero-order chi connectivity index (χ0) is 38.0. The molecule has 2 aliphatic heterocycles. The van der Waals surface area contributed by atoms with Gasteiger partial charge in [0.05, 0.1) is 42.3 Å². The van der Waals surface area contributed by atoms with Gasteiger partial charge in [-0.1, -0.05) is 105 Å². The molecule has 0 bridgehead atoms. The molecule has 0 spiro atoms. The largest absolute Gasteiger partial charge is 0.400 e. The summed E-state index contributed by atoms with van der Waals surface area (Å²) in [6.45, 7) is 10.6. The topological polar surface area (TPSA) is 77.3 Å². The number of hydrogen-bond acceptors (Lipinski definition) is 7. The first-order valence-electron chi connectivity index (χ1n) is 18.3. The molecule has 2 aromatic heterocycles. The fourth-order valence-corrected chi connectivity index (χ4v) is 13.7. The Morgan fingerprint density at radius 1 is 1.00 bits per heavy atom. The maximum Gasteiger partial charge on any atom is 0.272 e. The fourth-order valence-electron chi connectivity index (χ4n) is 8.37. The number of anilines is 2. The Labute approximate surface area is 324 Å². The Morgan fingerprint density at radius 2 is 1.67 bits per heavy atom. The van der Waals surface area contributed by atoms with Crippen molar-refractivity contribution in [1.29, 1.82) is 0 Å². The smallest absolute Gasteiger partial charge is 0.272 e. The van der Waals surface area contributed by atoms with Crippen molar-refractivity contribution in [2.75, 3.05) is 31.6 Å². The predicted molar refractivity (Wildman–Crippen MR) is 209 cm³/mol. The predicted octanol–water partition coefficient (Wildman–Crippen LogP) is 8.32. The van der Waals surface area contributed by atoms with Crippen molar-refractivity contribution in [3.05, 3.63) is 101 Å². The summed E-state index contributed by atoms with van der Waals surface area (Å²) in [4.78, 5) is 11.2. The summed E-state index contributed by atoms with van der Waals surface area (Å²) in [5, 5.41) is 10.4.